The molecule has 0 bridgehead atoms. The summed E-state index contributed by atoms with van der Waals surface area (Å²) in [7, 11) is 0. The normalized spacial score (nSPS) is 22.0. The first-order chi connectivity index (χ1) is 9.33. The summed E-state index contributed by atoms with van der Waals surface area (Å²) in [6.07, 6.45) is 4.73. The molecule has 19 heavy (non-hydrogen) atoms. The van der Waals surface area contributed by atoms with Crippen LogP contribution >= 0.6 is 0 Å². The second-order valence-corrected chi connectivity index (χ2v) is 5.33. The molecule has 1 unspecified atom stereocenters. The van der Waals surface area contributed by atoms with Crippen molar-refractivity contribution in [1.82, 2.24) is 10.6 Å². The number of ether oxygens (including phenoxy) is 1. The number of para-hydroxylation sites is 1. The van der Waals surface area contributed by atoms with Crippen molar-refractivity contribution in [3.63, 3.8) is 0 Å². The number of nitrogens with one attached hydrogen (secondary N) is 2. The molecule has 1 aromatic carbocycles. The maximum absolute atomic E-state index is 11.9. The van der Waals surface area contributed by atoms with Crippen LogP contribution in [0.15, 0.2) is 24.3 Å². The standard InChI is InChI=1S/C15H20N2O2/c18-15(17-11-5-1-2-6-11)9-16-13-10-19-14-8-4-3-7-12(13)14/h3-4,7-8,11,13,16H,1-2,5-6,9-10H2,(H,17,18). The lowest BCUT2D eigenvalue weighted by Gasteiger charge is -2.14. The van der Waals surface area contributed by atoms with Crippen molar-refractivity contribution in [2.24, 2.45) is 0 Å². The van der Waals surface area contributed by atoms with E-state index in [-0.39, 0.29) is 11.9 Å². The Hall–Kier alpha value is -1.55. The maximum atomic E-state index is 11.9. The molecule has 1 fully saturated rings. The van der Waals surface area contributed by atoms with Gasteiger partial charge in [0.15, 0.2) is 0 Å². The third-order valence-corrected chi connectivity index (χ3v) is 3.93. The van der Waals surface area contributed by atoms with E-state index in [1.54, 1.807) is 0 Å². The van der Waals surface area contributed by atoms with Gasteiger partial charge in [-0.25, -0.2) is 0 Å². The van der Waals surface area contributed by atoms with Crippen molar-refractivity contribution in [3.8, 4) is 5.75 Å². The van der Waals surface area contributed by atoms with Crippen LogP contribution in [-0.2, 0) is 4.79 Å². The Kier molecular flexibility index (Phi) is 3.69. The fourth-order valence-corrected chi connectivity index (χ4v) is 2.90. The summed E-state index contributed by atoms with van der Waals surface area (Å²) in [5.41, 5.74) is 1.15. The predicted octanol–water partition coefficient (Wildman–Crippen LogP) is 1.77. The highest BCUT2D eigenvalue weighted by atomic mass is 16.5. The van der Waals surface area contributed by atoms with Gasteiger partial charge in [-0.05, 0) is 18.9 Å². The van der Waals surface area contributed by atoms with Gasteiger partial charge < -0.3 is 10.1 Å². The van der Waals surface area contributed by atoms with E-state index in [1.165, 1.54) is 12.8 Å². The summed E-state index contributed by atoms with van der Waals surface area (Å²) in [5, 5.41) is 6.36. The zero-order valence-electron chi connectivity index (χ0n) is 11.0. The van der Waals surface area contributed by atoms with Crippen LogP contribution in [0.3, 0.4) is 0 Å². The minimum absolute atomic E-state index is 0.0938. The number of benzene rings is 1. The van der Waals surface area contributed by atoms with Crippen LogP contribution in [0.4, 0.5) is 0 Å². The van der Waals surface area contributed by atoms with E-state index in [4.69, 9.17) is 4.74 Å². The van der Waals surface area contributed by atoms with Gasteiger partial charge >= 0.3 is 0 Å². The summed E-state index contributed by atoms with van der Waals surface area (Å²) < 4.78 is 5.58. The molecular formula is C15H20N2O2. The van der Waals surface area contributed by atoms with Crippen LogP contribution in [0.2, 0.25) is 0 Å². The number of amides is 1. The third kappa shape index (κ3) is 2.89. The van der Waals surface area contributed by atoms with Crippen molar-refractivity contribution < 1.29 is 9.53 Å². The van der Waals surface area contributed by atoms with Crippen molar-refractivity contribution in [2.45, 2.75) is 37.8 Å². The van der Waals surface area contributed by atoms with Crippen molar-refractivity contribution >= 4 is 5.91 Å². The van der Waals surface area contributed by atoms with Gasteiger partial charge in [0.1, 0.15) is 12.4 Å². The number of rotatable bonds is 4. The quantitative estimate of drug-likeness (QED) is 0.867. The van der Waals surface area contributed by atoms with E-state index < -0.39 is 0 Å². The molecule has 102 valence electrons. The monoisotopic (exact) mass is 260 g/mol. The topological polar surface area (TPSA) is 50.4 Å². The third-order valence-electron chi connectivity index (χ3n) is 3.93. The average Bonchev–Trinajstić information content (AvgIpc) is 3.05. The molecule has 1 aromatic rings. The number of fused-ring (bicyclic) bond motifs is 1. The number of carbonyl (C=O) groups excluding carboxylic acids is 1. The van der Waals surface area contributed by atoms with E-state index >= 15 is 0 Å². The highest BCUT2D eigenvalue weighted by molar-refractivity contribution is 5.78. The molecule has 1 saturated carbocycles. The first kappa shape index (κ1) is 12.5. The van der Waals surface area contributed by atoms with Crippen molar-refractivity contribution in [3.05, 3.63) is 29.8 Å². The van der Waals surface area contributed by atoms with E-state index in [2.05, 4.69) is 16.7 Å². The fraction of sp³-hybridized carbons (Fsp3) is 0.533. The molecule has 1 aliphatic carbocycles. The largest absolute Gasteiger partial charge is 0.491 e. The Morgan fingerprint density at radius 2 is 2.05 bits per heavy atom. The van der Waals surface area contributed by atoms with Crippen molar-refractivity contribution in [1.29, 1.82) is 0 Å². The Bertz CT molecular complexity index is 455. The molecule has 2 aliphatic rings. The van der Waals surface area contributed by atoms with Crippen molar-refractivity contribution in [2.75, 3.05) is 13.2 Å². The van der Waals surface area contributed by atoms with Gasteiger partial charge in [-0.2, -0.15) is 0 Å². The summed E-state index contributed by atoms with van der Waals surface area (Å²) in [6.45, 7) is 0.967. The number of hydrogen-bond donors (Lipinski definition) is 2. The number of hydrogen-bond acceptors (Lipinski definition) is 3. The molecule has 4 nitrogen and oxygen atoms in total. The van der Waals surface area contributed by atoms with E-state index in [0.29, 0.717) is 19.2 Å². The van der Waals surface area contributed by atoms with E-state index in [9.17, 15) is 4.79 Å². The summed E-state index contributed by atoms with van der Waals surface area (Å²) in [5.74, 6) is 1.02. The van der Waals surface area contributed by atoms with Gasteiger partial charge in [0, 0.05) is 11.6 Å². The smallest absolute Gasteiger partial charge is 0.234 e. The molecule has 4 heteroatoms. The van der Waals surface area contributed by atoms with E-state index in [0.717, 1.165) is 24.2 Å². The molecule has 1 amide bonds. The SMILES string of the molecule is O=C(CNC1COc2ccccc21)NC1CCCC1. The zero-order chi connectivity index (χ0) is 13.1. The summed E-state index contributed by atoms with van der Waals surface area (Å²) in [4.78, 5) is 11.9. The van der Waals surface area contributed by atoms with Gasteiger partial charge in [0.2, 0.25) is 5.91 Å². The minimum Gasteiger partial charge on any atom is -0.491 e. The van der Waals surface area contributed by atoms with Crippen LogP contribution in [0.25, 0.3) is 0 Å². The fourth-order valence-electron chi connectivity index (χ4n) is 2.90. The molecule has 0 saturated heterocycles. The van der Waals surface area contributed by atoms with Gasteiger partial charge in [0.25, 0.3) is 0 Å². The van der Waals surface area contributed by atoms with Gasteiger partial charge in [-0.3, -0.25) is 10.1 Å². The Morgan fingerprint density at radius 3 is 2.89 bits per heavy atom. The molecule has 1 heterocycles. The molecule has 1 aliphatic heterocycles. The van der Waals surface area contributed by atoms with Crippen LogP contribution in [0.5, 0.6) is 5.75 Å². The van der Waals surface area contributed by atoms with E-state index in [1.807, 2.05) is 18.2 Å². The average molecular weight is 260 g/mol. The van der Waals surface area contributed by atoms with Crippen LogP contribution in [-0.4, -0.2) is 25.1 Å². The molecule has 2 N–H and O–H groups in total. The van der Waals surface area contributed by atoms with Gasteiger partial charge in [-0.1, -0.05) is 31.0 Å². The van der Waals surface area contributed by atoms with Gasteiger partial charge in [0.05, 0.1) is 12.6 Å². The van der Waals surface area contributed by atoms with Crippen LogP contribution in [0, 0.1) is 0 Å². The molecule has 0 aromatic heterocycles. The Morgan fingerprint density at radius 1 is 1.26 bits per heavy atom. The lowest BCUT2D eigenvalue weighted by atomic mass is 10.1. The second kappa shape index (κ2) is 5.61. The first-order valence-electron chi connectivity index (χ1n) is 7.07. The maximum Gasteiger partial charge on any atom is 0.234 e. The highest BCUT2D eigenvalue weighted by Gasteiger charge is 2.24. The molecular weight excluding hydrogens is 240 g/mol. The lowest BCUT2D eigenvalue weighted by Crippen LogP contribution is -2.40. The molecule has 3 rings (SSSR count). The number of carbonyl (C=O) groups is 1. The second-order valence-electron chi connectivity index (χ2n) is 5.33. The first-order valence-corrected chi connectivity index (χ1v) is 7.07. The summed E-state index contributed by atoms with van der Waals surface area (Å²) >= 11 is 0. The molecule has 0 spiro atoms. The Balaban J connectivity index is 1.49. The predicted molar refractivity (Wildman–Crippen MR) is 73.1 cm³/mol. The zero-order valence-corrected chi connectivity index (χ0v) is 11.0. The highest BCUT2D eigenvalue weighted by Crippen LogP contribution is 2.31. The van der Waals surface area contributed by atoms with Crippen LogP contribution < -0.4 is 15.4 Å². The molecule has 0 radical (unpaired) electrons. The Labute approximate surface area is 113 Å². The van der Waals surface area contributed by atoms with Crippen LogP contribution in [0.1, 0.15) is 37.3 Å². The summed E-state index contributed by atoms with van der Waals surface area (Å²) in [6, 6.07) is 8.51. The molecule has 1 atom stereocenters. The minimum atomic E-state index is 0.0938. The lowest BCUT2D eigenvalue weighted by molar-refractivity contribution is -0.121. The van der Waals surface area contributed by atoms with Gasteiger partial charge in [-0.15, -0.1) is 0 Å².